The van der Waals surface area contributed by atoms with E-state index in [9.17, 15) is 0 Å². The zero-order valence-corrected chi connectivity index (χ0v) is 15.9. The zero-order valence-electron chi connectivity index (χ0n) is 11.9. The molecule has 0 spiro atoms. The fourth-order valence-electron chi connectivity index (χ4n) is 2.17. The van der Waals surface area contributed by atoms with Gasteiger partial charge in [0.1, 0.15) is 5.50 Å². The summed E-state index contributed by atoms with van der Waals surface area (Å²) in [6.45, 7) is 0. The maximum atomic E-state index is 6.73. The Morgan fingerprint density at radius 2 is 1.74 bits per heavy atom. The van der Waals surface area contributed by atoms with E-state index in [1.807, 2.05) is 47.2 Å². The molecule has 0 aliphatic rings. The van der Waals surface area contributed by atoms with Crippen molar-refractivity contribution < 1.29 is 0 Å². The van der Waals surface area contributed by atoms with Crippen LogP contribution in [0.2, 0.25) is 5.02 Å². The van der Waals surface area contributed by atoms with E-state index in [0.717, 1.165) is 20.0 Å². The molecule has 0 N–H and O–H groups in total. The Morgan fingerprint density at radius 3 is 2.35 bits per heavy atom. The first-order valence-corrected chi connectivity index (χ1v) is 9.41. The van der Waals surface area contributed by atoms with Crippen LogP contribution in [0.15, 0.2) is 76.6 Å². The average molecular weight is 428 g/mol. The Bertz CT molecular complexity index is 745. The van der Waals surface area contributed by atoms with E-state index in [4.69, 9.17) is 23.2 Å². The number of aromatic nitrogens is 2. The van der Waals surface area contributed by atoms with Crippen LogP contribution in [0.25, 0.3) is 0 Å². The Kier molecular flexibility index (Phi) is 5.70. The number of rotatable bonds is 5. The molecule has 3 rings (SSSR count). The standard InChI is InChI=1S/C17H13BrCl2N2S/c18-13-3-7-15(8-4-13)23-16(12-1-5-14(19)6-2-12)17(20)22-10-9-21-11-22/h1-11,16-17H. The molecule has 0 aliphatic heterocycles. The third-order valence-corrected chi connectivity index (χ3v) is 6.07. The van der Waals surface area contributed by atoms with Crippen molar-refractivity contribution in [3.63, 3.8) is 0 Å². The van der Waals surface area contributed by atoms with Gasteiger partial charge < -0.3 is 4.57 Å². The molecule has 23 heavy (non-hydrogen) atoms. The number of alkyl halides is 1. The SMILES string of the molecule is Clc1ccc(C(Sc2ccc(Br)cc2)C(Cl)n2ccnc2)cc1. The van der Waals surface area contributed by atoms with Crippen molar-refractivity contribution in [3.8, 4) is 0 Å². The first kappa shape index (κ1) is 16.9. The van der Waals surface area contributed by atoms with Crippen molar-refractivity contribution in [1.82, 2.24) is 9.55 Å². The van der Waals surface area contributed by atoms with E-state index >= 15 is 0 Å². The molecule has 0 aliphatic carbocycles. The molecule has 2 atom stereocenters. The summed E-state index contributed by atoms with van der Waals surface area (Å²) in [6, 6.07) is 16.0. The summed E-state index contributed by atoms with van der Waals surface area (Å²) in [5, 5.41) is 0.749. The molecular formula is C17H13BrCl2N2S. The highest BCUT2D eigenvalue weighted by Gasteiger charge is 2.24. The van der Waals surface area contributed by atoms with Gasteiger partial charge in [-0.15, -0.1) is 11.8 Å². The Morgan fingerprint density at radius 1 is 1.04 bits per heavy atom. The number of halogens is 3. The van der Waals surface area contributed by atoms with Crippen molar-refractivity contribution >= 4 is 50.9 Å². The summed E-state index contributed by atoms with van der Waals surface area (Å²) in [5.74, 6) is 0. The predicted molar refractivity (Wildman–Crippen MR) is 101 cm³/mol. The lowest BCUT2D eigenvalue weighted by molar-refractivity contribution is 0.651. The van der Waals surface area contributed by atoms with Gasteiger partial charge in [-0.2, -0.15) is 0 Å². The van der Waals surface area contributed by atoms with Crippen molar-refractivity contribution in [3.05, 3.63) is 82.3 Å². The molecule has 0 radical (unpaired) electrons. The van der Waals surface area contributed by atoms with Crippen LogP contribution in [0.4, 0.5) is 0 Å². The fraction of sp³-hybridized carbons (Fsp3) is 0.118. The molecule has 2 nitrogen and oxygen atoms in total. The molecule has 2 unspecified atom stereocenters. The highest BCUT2D eigenvalue weighted by molar-refractivity contribution is 9.10. The Hall–Kier alpha value is -0.940. The number of thioether (sulfide) groups is 1. The molecule has 0 bridgehead atoms. The van der Waals surface area contributed by atoms with Gasteiger partial charge >= 0.3 is 0 Å². The summed E-state index contributed by atoms with van der Waals surface area (Å²) < 4.78 is 2.97. The van der Waals surface area contributed by atoms with E-state index in [1.54, 1.807) is 24.3 Å². The zero-order chi connectivity index (χ0) is 16.2. The predicted octanol–water partition coefficient (Wildman–Crippen LogP) is 6.57. The second-order valence-electron chi connectivity index (χ2n) is 4.93. The summed E-state index contributed by atoms with van der Waals surface area (Å²) in [4.78, 5) is 5.25. The summed E-state index contributed by atoms with van der Waals surface area (Å²) in [7, 11) is 0. The van der Waals surface area contributed by atoms with Gasteiger partial charge in [0.15, 0.2) is 0 Å². The van der Waals surface area contributed by atoms with Crippen LogP contribution in [0.3, 0.4) is 0 Å². The normalized spacial score (nSPS) is 13.7. The number of imidazole rings is 1. The number of hydrogen-bond donors (Lipinski definition) is 0. The van der Waals surface area contributed by atoms with Crippen LogP contribution in [-0.4, -0.2) is 9.55 Å². The first-order valence-electron chi connectivity index (χ1n) is 6.93. The minimum Gasteiger partial charge on any atom is -0.319 e. The molecule has 6 heteroatoms. The van der Waals surface area contributed by atoms with Gasteiger partial charge in [-0.3, -0.25) is 0 Å². The molecule has 0 saturated heterocycles. The van der Waals surface area contributed by atoms with Crippen LogP contribution in [0.5, 0.6) is 0 Å². The number of hydrogen-bond acceptors (Lipinski definition) is 2. The molecule has 3 aromatic rings. The molecule has 1 heterocycles. The van der Waals surface area contributed by atoms with Crippen LogP contribution >= 0.6 is 50.9 Å². The van der Waals surface area contributed by atoms with Crippen molar-refractivity contribution in [2.24, 2.45) is 0 Å². The Labute approximate surface area is 158 Å². The lowest BCUT2D eigenvalue weighted by atomic mass is 10.1. The van der Waals surface area contributed by atoms with Gasteiger partial charge in [0.2, 0.25) is 0 Å². The van der Waals surface area contributed by atoms with Gasteiger partial charge in [-0.25, -0.2) is 4.98 Å². The molecule has 1 aromatic heterocycles. The highest BCUT2D eigenvalue weighted by Crippen LogP contribution is 2.45. The van der Waals surface area contributed by atoms with Gasteiger partial charge in [-0.1, -0.05) is 51.3 Å². The topological polar surface area (TPSA) is 17.8 Å². The van der Waals surface area contributed by atoms with Gasteiger partial charge in [0, 0.05) is 26.8 Å². The third-order valence-electron chi connectivity index (χ3n) is 3.33. The van der Waals surface area contributed by atoms with Crippen LogP contribution in [0, 0.1) is 0 Å². The molecule has 0 saturated carbocycles. The second kappa shape index (κ2) is 7.75. The molecule has 2 aromatic carbocycles. The van der Waals surface area contributed by atoms with E-state index in [1.165, 1.54) is 0 Å². The molecule has 118 valence electrons. The largest absolute Gasteiger partial charge is 0.319 e. The number of benzene rings is 2. The van der Waals surface area contributed by atoms with E-state index in [-0.39, 0.29) is 10.8 Å². The molecule has 0 fully saturated rings. The quantitative estimate of drug-likeness (QED) is 0.338. The van der Waals surface area contributed by atoms with Crippen LogP contribution < -0.4 is 0 Å². The fourth-order valence-corrected chi connectivity index (χ4v) is 4.10. The van der Waals surface area contributed by atoms with Gasteiger partial charge in [0.25, 0.3) is 0 Å². The average Bonchev–Trinajstić information content (AvgIpc) is 3.09. The maximum Gasteiger partial charge on any atom is 0.125 e. The summed E-state index contributed by atoms with van der Waals surface area (Å²) >= 11 is 17.9. The Balaban J connectivity index is 1.92. The summed E-state index contributed by atoms with van der Waals surface area (Å²) in [5.41, 5.74) is 0.864. The van der Waals surface area contributed by atoms with Crippen molar-refractivity contribution in [2.45, 2.75) is 15.6 Å². The second-order valence-corrected chi connectivity index (χ2v) is 7.94. The number of nitrogens with zero attached hydrogens (tertiary/aromatic N) is 2. The highest BCUT2D eigenvalue weighted by atomic mass is 79.9. The molecular weight excluding hydrogens is 415 g/mol. The smallest absolute Gasteiger partial charge is 0.125 e. The van der Waals surface area contributed by atoms with Crippen molar-refractivity contribution in [2.75, 3.05) is 0 Å². The minimum atomic E-state index is -0.257. The third kappa shape index (κ3) is 4.32. The van der Waals surface area contributed by atoms with E-state index in [2.05, 4.69) is 33.0 Å². The van der Waals surface area contributed by atoms with E-state index < -0.39 is 0 Å². The summed E-state index contributed by atoms with van der Waals surface area (Å²) in [6.07, 6.45) is 5.35. The minimum absolute atomic E-state index is 0.0318. The monoisotopic (exact) mass is 426 g/mol. The lowest BCUT2D eigenvalue weighted by Gasteiger charge is -2.23. The molecule has 0 amide bonds. The maximum absolute atomic E-state index is 6.73. The lowest BCUT2D eigenvalue weighted by Crippen LogP contribution is -2.09. The van der Waals surface area contributed by atoms with Crippen molar-refractivity contribution in [1.29, 1.82) is 0 Å². The van der Waals surface area contributed by atoms with Gasteiger partial charge in [0.05, 0.1) is 11.6 Å². The van der Waals surface area contributed by atoms with Gasteiger partial charge in [-0.05, 0) is 42.0 Å². The van der Waals surface area contributed by atoms with E-state index in [0.29, 0.717) is 0 Å². The first-order chi connectivity index (χ1) is 11.1. The van der Waals surface area contributed by atoms with Crippen LogP contribution in [0.1, 0.15) is 16.3 Å². The van der Waals surface area contributed by atoms with Crippen LogP contribution in [-0.2, 0) is 0 Å².